The summed E-state index contributed by atoms with van der Waals surface area (Å²) < 4.78 is 6.93. The minimum Gasteiger partial charge on any atom is -0.452 e. The lowest BCUT2D eigenvalue weighted by molar-refractivity contribution is 0.0449. The van der Waals surface area contributed by atoms with Crippen molar-refractivity contribution in [1.82, 2.24) is 9.55 Å². The van der Waals surface area contributed by atoms with Crippen LogP contribution in [-0.2, 0) is 17.6 Å². The Labute approximate surface area is 155 Å². The molecule has 0 bridgehead atoms. The Morgan fingerprint density at radius 2 is 1.96 bits per heavy atom. The first-order valence-corrected chi connectivity index (χ1v) is 8.96. The summed E-state index contributed by atoms with van der Waals surface area (Å²) in [5.41, 5.74) is 3.45. The van der Waals surface area contributed by atoms with E-state index in [9.17, 15) is 9.59 Å². The second-order valence-electron chi connectivity index (χ2n) is 6.32. The number of pyridine rings is 1. The van der Waals surface area contributed by atoms with E-state index >= 15 is 0 Å². The fourth-order valence-electron chi connectivity index (χ4n) is 3.58. The van der Waals surface area contributed by atoms with Gasteiger partial charge in [-0.3, -0.25) is 9.36 Å². The van der Waals surface area contributed by atoms with Gasteiger partial charge in [0.1, 0.15) is 5.15 Å². The number of esters is 1. The van der Waals surface area contributed by atoms with Crippen LogP contribution in [0.25, 0.3) is 10.9 Å². The number of fused-ring (bicyclic) bond motifs is 3. The molecule has 0 saturated heterocycles. The van der Waals surface area contributed by atoms with Crippen molar-refractivity contribution in [2.24, 2.45) is 0 Å². The van der Waals surface area contributed by atoms with Crippen LogP contribution in [0.5, 0.6) is 0 Å². The van der Waals surface area contributed by atoms with Crippen LogP contribution < -0.4 is 0 Å². The van der Waals surface area contributed by atoms with Crippen molar-refractivity contribution in [1.29, 1.82) is 0 Å². The highest BCUT2D eigenvalue weighted by molar-refractivity contribution is 6.29. The third kappa shape index (κ3) is 2.99. The normalized spacial score (nSPS) is 13.4. The van der Waals surface area contributed by atoms with Crippen LogP contribution in [0.4, 0.5) is 0 Å². The Balaban J connectivity index is 1.60. The first kappa shape index (κ1) is 16.8. The van der Waals surface area contributed by atoms with Crippen molar-refractivity contribution in [3.63, 3.8) is 0 Å². The van der Waals surface area contributed by atoms with Crippen LogP contribution in [0.3, 0.4) is 0 Å². The molecule has 2 aromatic heterocycles. The number of rotatable bonds is 3. The Bertz CT molecular complexity index is 1010. The quantitative estimate of drug-likeness (QED) is 0.516. The molecule has 0 spiro atoms. The predicted octanol–water partition coefficient (Wildman–Crippen LogP) is 4.07. The summed E-state index contributed by atoms with van der Waals surface area (Å²) in [5.74, 6) is -0.828. The molecule has 1 aromatic carbocycles. The van der Waals surface area contributed by atoms with Crippen molar-refractivity contribution in [2.75, 3.05) is 6.61 Å². The maximum Gasteiger partial charge on any atom is 0.338 e. The topological polar surface area (TPSA) is 61.2 Å². The zero-order valence-corrected chi connectivity index (χ0v) is 14.8. The van der Waals surface area contributed by atoms with Crippen molar-refractivity contribution in [3.8, 4) is 0 Å². The molecule has 6 heteroatoms. The van der Waals surface area contributed by atoms with Gasteiger partial charge in [-0.1, -0.05) is 29.8 Å². The molecule has 0 saturated carbocycles. The SMILES string of the molecule is O=C(OCC(=O)n1c2c(c3ccccc31)CCCC2)c1ccnc(Cl)c1. The van der Waals surface area contributed by atoms with E-state index in [1.807, 2.05) is 24.3 Å². The molecule has 3 aromatic rings. The van der Waals surface area contributed by atoms with Gasteiger partial charge < -0.3 is 4.74 Å². The van der Waals surface area contributed by atoms with Crippen LogP contribution in [0.15, 0.2) is 42.6 Å². The second kappa shape index (κ2) is 6.92. The highest BCUT2D eigenvalue weighted by Crippen LogP contribution is 2.32. The number of hydrogen-bond acceptors (Lipinski definition) is 4. The Hall–Kier alpha value is -2.66. The van der Waals surface area contributed by atoms with E-state index in [2.05, 4.69) is 4.98 Å². The first-order chi connectivity index (χ1) is 12.6. The Morgan fingerprint density at radius 1 is 1.15 bits per heavy atom. The summed E-state index contributed by atoms with van der Waals surface area (Å²) in [4.78, 5) is 28.8. The van der Waals surface area contributed by atoms with E-state index in [1.54, 1.807) is 4.57 Å². The maximum atomic E-state index is 12.8. The number of halogens is 1. The standard InChI is InChI=1S/C20H17ClN2O3/c21-18-11-13(9-10-22-18)20(25)26-12-19(24)23-16-7-3-1-5-14(16)15-6-2-4-8-17(15)23/h1,3,5,7,9-11H,2,4,6,8,12H2. The maximum absolute atomic E-state index is 12.8. The summed E-state index contributed by atoms with van der Waals surface area (Å²) in [5, 5.41) is 1.32. The van der Waals surface area contributed by atoms with Gasteiger partial charge in [-0.15, -0.1) is 0 Å². The number of aryl methyl sites for hydroxylation is 1. The van der Waals surface area contributed by atoms with E-state index in [0.29, 0.717) is 0 Å². The van der Waals surface area contributed by atoms with Crippen molar-refractivity contribution in [2.45, 2.75) is 25.7 Å². The molecular weight excluding hydrogens is 352 g/mol. The third-order valence-corrected chi connectivity index (χ3v) is 4.92. The number of carbonyl (C=O) groups is 2. The fourth-order valence-corrected chi connectivity index (χ4v) is 3.76. The van der Waals surface area contributed by atoms with E-state index in [0.717, 1.165) is 42.3 Å². The zero-order chi connectivity index (χ0) is 18.1. The molecule has 26 heavy (non-hydrogen) atoms. The average Bonchev–Trinajstić information content (AvgIpc) is 3.00. The molecule has 0 radical (unpaired) electrons. The highest BCUT2D eigenvalue weighted by Gasteiger charge is 2.23. The van der Waals surface area contributed by atoms with Gasteiger partial charge in [0.05, 0.1) is 11.1 Å². The van der Waals surface area contributed by atoms with Crippen LogP contribution >= 0.6 is 11.6 Å². The number of benzene rings is 1. The van der Waals surface area contributed by atoms with Crippen LogP contribution in [0, 0.1) is 0 Å². The third-order valence-electron chi connectivity index (χ3n) is 4.72. The smallest absolute Gasteiger partial charge is 0.338 e. The molecule has 0 amide bonds. The number of ether oxygens (including phenoxy) is 1. The molecule has 0 aliphatic heterocycles. The van der Waals surface area contributed by atoms with E-state index in [1.165, 1.54) is 23.9 Å². The molecule has 0 fully saturated rings. The second-order valence-corrected chi connectivity index (χ2v) is 6.71. The van der Waals surface area contributed by atoms with E-state index in [4.69, 9.17) is 16.3 Å². The Kier molecular flexibility index (Phi) is 4.47. The lowest BCUT2D eigenvalue weighted by Gasteiger charge is -2.15. The molecule has 1 aliphatic rings. The molecule has 1 aliphatic carbocycles. The number of hydrogen-bond donors (Lipinski definition) is 0. The minimum absolute atomic E-state index is 0.205. The molecule has 2 heterocycles. The van der Waals surface area contributed by atoms with Gasteiger partial charge in [-0.2, -0.15) is 0 Å². The average molecular weight is 369 g/mol. The molecule has 0 unspecified atom stereocenters. The zero-order valence-electron chi connectivity index (χ0n) is 14.1. The van der Waals surface area contributed by atoms with Crippen molar-refractivity contribution < 1.29 is 14.3 Å². The van der Waals surface area contributed by atoms with Gasteiger partial charge in [-0.25, -0.2) is 9.78 Å². The van der Waals surface area contributed by atoms with Gasteiger partial charge in [0.2, 0.25) is 0 Å². The lowest BCUT2D eigenvalue weighted by atomic mass is 9.95. The van der Waals surface area contributed by atoms with Gasteiger partial charge in [0, 0.05) is 17.3 Å². The number of para-hydroxylation sites is 1. The summed E-state index contributed by atoms with van der Waals surface area (Å²) in [6.07, 6.45) is 5.46. The van der Waals surface area contributed by atoms with Gasteiger partial charge >= 0.3 is 5.97 Å². The summed E-state index contributed by atoms with van der Waals surface area (Å²) in [7, 11) is 0. The van der Waals surface area contributed by atoms with Crippen LogP contribution in [-0.4, -0.2) is 28.0 Å². The number of carbonyl (C=O) groups excluding carboxylic acids is 2. The molecular formula is C20H17ClN2O3. The molecule has 5 nitrogen and oxygen atoms in total. The van der Waals surface area contributed by atoms with Crippen LogP contribution in [0.2, 0.25) is 5.15 Å². The number of aromatic nitrogens is 2. The lowest BCUT2D eigenvalue weighted by Crippen LogP contribution is -2.22. The summed E-state index contributed by atoms with van der Waals surface area (Å²) in [6, 6.07) is 10.8. The molecule has 4 rings (SSSR count). The van der Waals surface area contributed by atoms with Gasteiger partial charge in [0.25, 0.3) is 5.91 Å². The van der Waals surface area contributed by atoms with Crippen LogP contribution in [0.1, 0.15) is 39.3 Å². The summed E-state index contributed by atoms with van der Waals surface area (Å²) in [6.45, 7) is -0.316. The Morgan fingerprint density at radius 3 is 2.81 bits per heavy atom. The van der Waals surface area contributed by atoms with Gasteiger partial charge in [-0.05, 0) is 49.4 Å². The van der Waals surface area contributed by atoms with Crippen molar-refractivity contribution >= 4 is 34.4 Å². The van der Waals surface area contributed by atoms with E-state index in [-0.39, 0.29) is 23.2 Å². The number of nitrogens with zero attached hydrogens (tertiary/aromatic N) is 2. The van der Waals surface area contributed by atoms with Crippen molar-refractivity contribution in [3.05, 3.63) is 64.6 Å². The molecule has 132 valence electrons. The largest absolute Gasteiger partial charge is 0.452 e. The first-order valence-electron chi connectivity index (χ1n) is 8.58. The monoisotopic (exact) mass is 368 g/mol. The molecule has 0 atom stereocenters. The molecule has 0 N–H and O–H groups in total. The fraction of sp³-hybridized carbons (Fsp3) is 0.250. The summed E-state index contributed by atoms with van der Waals surface area (Å²) >= 11 is 5.79. The van der Waals surface area contributed by atoms with E-state index < -0.39 is 5.97 Å². The van der Waals surface area contributed by atoms with Gasteiger partial charge in [0.15, 0.2) is 6.61 Å². The minimum atomic E-state index is -0.590. The highest BCUT2D eigenvalue weighted by atomic mass is 35.5. The predicted molar refractivity (Wildman–Crippen MR) is 98.7 cm³/mol.